The number of guanidine groups is 2. The zero-order chi connectivity index (χ0) is 54.3. The van der Waals surface area contributed by atoms with Crippen LogP contribution in [0.1, 0.15) is 102 Å². The van der Waals surface area contributed by atoms with Crippen LogP contribution in [0.5, 0.6) is 0 Å². The van der Waals surface area contributed by atoms with Crippen LogP contribution in [-0.2, 0) is 44.8 Å². The minimum atomic E-state index is -1.57. The van der Waals surface area contributed by atoms with Gasteiger partial charge in [-0.25, -0.2) is 4.79 Å². The number of aliphatic imine (C=N–C) groups is 2. The number of carboxylic acid groups (broad SMARTS) is 2. The molecule has 0 radical (unpaired) electrons. The maximum atomic E-state index is 14.5. The lowest BCUT2D eigenvalue weighted by Crippen LogP contribution is -2.60. The second-order valence-corrected chi connectivity index (χ2v) is 17.6. The molecule has 2 aromatic rings. The van der Waals surface area contributed by atoms with Crippen molar-refractivity contribution < 1.29 is 48.6 Å². The summed E-state index contributed by atoms with van der Waals surface area (Å²) >= 11 is 0. The number of benzene rings is 1. The maximum Gasteiger partial charge on any atom is 0.326 e. The highest BCUT2D eigenvalue weighted by atomic mass is 16.4. The van der Waals surface area contributed by atoms with E-state index in [-0.39, 0.29) is 83.0 Å². The summed E-state index contributed by atoms with van der Waals surface area (Å²) in [5.41, 5.74) is 46.2. The number of hydrogen-bond donors (Lipinski definition) is 17. The second kappa shape index (κ2) is 34.3. The molecule has 1 aromatic carbocycles. The van der Waals surface area contributed by atoms with Crippen LogP contribution in [0.3, 0.4) is 0 Å². The Balaban J connectivity index is 2.52. The number of unbranched alkanes of at least 4 members (excludes halogenated alkanes) is 3. The topological polar surface area (TPSA) is 498 Å². The molecule has 0 unspecified atom stereocenters. The smallest absolute Gasteiger partial charge is 0.326 e. The van der Waals surface area contributed by atoms with Gasteiger partial charge < -0.3 is 93.0 Å². The van der Waals surface area contributed by atoms with Gasteiger partial charge in [-0.3, -0.25) is 43.5 Å². The average molecular weight is 1030 g/mol. The first-order chi connectivity index (χ1) is 34.8. The fourth-order valence-corrected chi connectivity index (χ4v) is 7.60. The SMILES string of the molecule is NCCCC[C@H](NC(=O)[C@H](CCCCN)NC(=O)[C@H](Cc1c[nH]c2ccccc12)NC(=O)[C@H](CCCCN)NC(=O)[C@H](CCC(=O)O)NC(=O)[C@H](CCCN=C(N)N)NC(=O)[C@@H](N)CCCN=C(N)N)C(=O)O. The predicted molar refractivity (Wildman–Crippen MR) is 275 cm³/mol. The van der Waals surface area contributed by atoms with E-state index in [1.165, 1.54) is 0 Å². The number of hydrogen-bond acceptors (Lipinski definition) is 14. The van der Waals surface area contributed by atoms with Crippen molar-refractivity contribution in [1.29, 1.82) is 0 Å². The number of rotatable bonds is 38. The number of carbonyl (C=O) groups is 8. The van der Waals surface area contributed by atoms with Gasteiger partial charge >= 0.3 is 11.9 Å². The summed E-state index contributed by atoms with van der Waals surface area (Å²) in [6, 6.07) is -2.05. The number of amides is 6. The lowest BCUT2D eigenvalue weighted by atomic mass is 10.0. The van der Waals surface area contributed by atoms with Gasteiger partial charge in [0.25, 0.3) is 0 Å². The van der Waals surface area contributed by atoms with Crippen molar-refractivity contribution in [2.75, 3.05) is 32.7 Å². The molecule has 0 aliphatic rings. The Morgan fingerprint density at radius 3 is 1.37 bits per heavy atom. The summed E-state index contributed by atoms with van der Waals surface area (Å²) < 4.78 is 0. The first kappa shape index (κ1) is 62.0. The zero-order valence-corrected chi connectivity index (χ0v) is 41.5. The molecule has 0 saturated carbocycles. The molecule has 27 heteroatoms. The predicted octanol–water partition coefficient (Wildman–Crippen LogP) is -3.61. The number of nitrogens with zero attached hydrogens (tertiary/aromatic N) is 2. The fraction of sp³-hybridized carbons (Fsp3) is 0.609. The van der Waals surface area contributed by atoms with Crippen LogP contribution in [-0.4, -0.2) is 150 Å². The van der Waals surface area contributed by atoms with Gasteiger partial charge in [-0.05, 0) is 121 Å². The molecule has 7 atom stereocenters. The van der Waals surface area contributed by atoms with Crippen LogP contribution >= 0.6 is 0 Å². The molecule has 0 fully saturated rings. The molecule has 1 aromatic heterocycles. The van der Waals surface area contributed by atoms with Gasteiger partial charge in [-0.2, -0.15) is 0 Å². The number of nitrogens with two attached hydrogens (primary N) is 8. The number of para-hydroxylation sites is 1. The van der Waals surface area contributed by atoms with Gasteiger partial charge in [-0.15, -0.1) is 0 Å². The largest absolute Gasteiger partial charge is 0.481 e. The summed E-state index contributed by atoms with van der Waals surface area (Å²) in [4.78, 5) is 119. The van der Waals surface area contributed by atoms with Crippen LogP contribution in [0.25, 0.3) is 10.9 Å². The van der Waals surface area contributed by atoms with E-state index >= 15 is 0 Å². The number of aromatic nitrogens is 1. The Bertz CT molecular complexity index is 2150. The van der Waals surface area contributed by atoms with Crippen molar-refractivity contribution in [3.8, 4) is 0 Å². The molecular weight excluding hydrogens is 951 g/mol. The molecule has 2 rings (SSSR count). The standard InChI is InChI=1S/C46H79N17O10/c47-20-6-3-14-31(40(68)62-35(44(72)73)16-5-8-22-49)60-43(71)36(25-27-26-57-30-13-2-1-11-28(27)30)63-41(69)32(15-4-7-21-48)59-42(70)34(18-19-37(64)65)61-39(67)33(17-10-24-56-46(53)54)58-38(66)29(50)12-9-23-55-45(51)52/h1-2,11,13,26,29,31-36,57H,3-10,12,14-25,47-50H2,(H,58,66)(H,59,70)(H,60,71)(H,61,67)(H,62,68)(H,63,69)(H,64,65)(H,72,73)(H4,51,52,55)(H4,53,54,56)/t29-,31-,32-,33-,34-,35-,36-/m0/s1. The van der Waals surface area contributed by atoms with E-state index in [2.05, 4.69) is 46.9 Å². The molecular formula is C46H79N17O10. The van der Waals surface area contributed by atoms with Crippen molar-refractivity contribution in [3.05, 3.63) is 36.0 Å². The summed E-state index contributed by atoms with van der Waals surface area (Å²) in [6.07, 6.45) is 3.78. The van der Waals surface area contributed by atoms with E-state index in [4.69, 9.17) is 45.9 Å². The second-order valence-electron chi connectivity index (χ2n) is 17.6. The fourth-order valence-electron chi connectivity index (χ4n) is 7.60. The molecule has 27 nitrogen and oxygen atoms in total. The lowest BCUT2D eigenvalue weighted by molar-refractivity contribution is -0.142. The average Bonchev–Trinajstić information content (AvgIpc) is 3.75. The van der Waals surface area contributed by atoms with Gasteiger partial charge in [0.15, 0.2) is 11.9 Å². The van der Waals surface area contributed by atoms with E-state index in [9.17, 15) is 48.6 Å². The van der Waals surface area contributed by atoms with Crippen LogP contribution in [0.2, 0.25) is 0 Å². The minimum absolute atomic E-state index is 0.0226. The summed E-state index contributed by atoms with van der Waals surface area (Å²) in [6.45, 7) is 1.10. The van der Waals surface area contributed by atoms with Gasteiger partial charge in [0, 0.05) is 43.0 Å². The van der Waals surface area contributed by atoms with Crippen molar-refractivity contribution in [2.45, 2.75) is 145 Å². The third-order valence-electron chi connectivity index (χ3n) is 11.6. The van der Waals surface area contributed by atoms with Crippen LogP contribution in [0.4, 0.5) is 0 Å². The third-order valence-corrected chi connectivity index (χ3v) is 11.6. The van der Waals surface area contributed by atoms with E-state index in [0.29, 0.717) is 57.1 Å². The number of fused-ring (bicyclic) bond motifs is 1. The highest BCUT2D eigenvalue weighted by molar-refractivity contribution is 5.97. The molecule has 73 heavy (non-hydrogen) atoms. The normalized spacial score (nSPS) is 13.9. The number of carboxylic acids is 2. The molecule has 0 aliphatic carbocycles. The Morgan fingerprint density at radius 2 is 0.904 bits per heavy atom. The molecule has 0 saturated heterocycles. The highest BCUT2D eigenvalue weighted by Gasteiger charge is 2.34. The van der Waals surface area contributed by atoms with Gasteiger partial charge in [-0.1, -0.05) is 18.2 Å². The summed E-state index contributed by atoms with van der Waals surface area (Å²) in [5, 5.41) is 36.0. The number of nitrogens with one attached hydrogen (secondary N) is 7. The summed E-state index contributed by atoms with van der Waals surface area (Å²) in [7, 11) is 0. The molecule has 0 spiro atoms. The molecule has 0 aliphatic heterocycles. The van der Waals surface area contributed by atoms with Crippen molar-refractivity contribution in [2.24, 2.45) is 55.9 Å². The minimum Gasteiger partial charge on any atom is -0.481 e. The monoisotopic (exact) mass is 1030 g/mol. The van der Waals surface area contributed by atoms with E-state index in [0.717, 1.165) is 10.9 Å². The van der Waals surface area contributed by atoms with E-state index < -0.39 is 103 Å². The van der Waals surface area contributed by atoms with Crippen molar-refractivity contribution in [3.63, 3.8) is 0 Å². The number of aliphatic carboxylic acids is 2. The highest BCUT2D eigenvalue weighted by Crippen LogP contribution is 2.20. The van der Waals surface area contributed by atoms with Gasteiger partial charge in [0.05, 0.1) is 6.04 Å². The first-order valence-electron chi connectivity index (χ1n) is 24.6. The molecule has 25 N–H and O–H groups in total. The first-order valence-corrected chi connectivity index (χ1v) is 24.6. The van der Waals surface area contributed by atoms with Crippen molar-refractivity contribution in [1.82, 2.24) is 36.9 Å². The molecule has 1 heterocycles. The molecule has 408 valence electrons. The number of carbonyl (C=O) groups excluding carboxylic acids is 6. The Kier molecular flexibility index (Phi) is 29.1. The van der Waals surface area contributed by atoms with Crippen LogP contribution in [0, 0.1) is 0 Å². The van der Waals surface area contributed by atoms with Crippen LogP contribution in [0.15, 0.2) is 40.4 Å². The maximum absolute atomic E-state index is 14.5. The van der Waals surface area contributed by atoms with E-state index in [1.807, 2.05) is 18.2 Å². The summed E-state index contributed by atoms with van der Waals surface area (Å²) in [5.74, 6) is -7.89. The molecule has 6 amide bonds. The third kappa shape index (κ3) is 24.3. The molecule has 0 bridgehead atoms. The quantitative estimate of drug-likeness (QED) is 0.0175. The van der Waals surface area contributed by atoms with Gasteiger partial charge in [0.1, 0.15) is 36.3 Å². The number of H-pyrrole nitrogens is 1. The van der Waals surface area contributed by atoms with E-state index in [1.54, 1.807) is 12.3 Å². The lowest BCUT2D eigenvalue weighted by Gasteiger charge is -2.28. The zero-order valence-electron chi connectivity index (χ0n) is 41.5. The Labute approximate surface area is 424 Å². The Hall–Kier alpha value is -7.10. The van der Waals surface area contributed by atoms with Crippen molar-refractivity contribution >= 4 is 70.2 Å². The van der Waals surface area contributed by atoms with Gasteiger partial charge in [0.2, 0.25) is 35.4 Å². The number of aromatic amines is 1. The van der Waals surface area contributed by atoms with Crippen LogP contribution < -0.4 is 77.8 Å². The Morgan fingerprint density at radius 1 is 0.507 bits per heavy atom.